The van der Waals surface area contributed by atoms with Gasteiger partial charge in [0.25, 0.3) is 0 Å². The van der Waals surface area contributed by atoms with Gasteiger partial charge >= 0.3 is 18.0 Å². The van der Waals surface area contributed by atoms with Crippen molar-refractivity contribution in [1.82, 2.24) is 4.98 Å². The second kappa shape index (κ2) is 4.36. The van der Waals surface area contributed by atoms with Gasteiger partial charge in [-0.15, -0.1) is 0 Å². The molecule has 0 fully saturated rings. The highest BCUT2D eigenvalue weighted by molar-refractivity contribution is 5.91. The molecule has 0 spiro atoms. The van der Waals surface area contributed by atoms with Crippen LogP contribution in [0.2, 0.25) is 0 Å². The van der Waals surface area contributed by atoms with Gasteiger partial charge in [-0.3, -0.25) is 0 Å². The van der Waals surface area contributed by atoms with Gasteiger partial charge in [-0.1, -0.05) is 0 Å². The van der Waals surface area contributed by atoms with Crippen molar-refractivity contribution >= 4 is 11.8 Å². The van der Waals surface area contributed by atoms with Crippen LogP contribution in [-0.4, -0.2) is 23.0 Å². The van der Waals surface area contributed by atoms with Crippen molar-refractivity contribution in [3.63, 3.8) is 0 Å². The van der Waals surface area contributed by atoms with Crippen LogP contribution >= 0.6 is 0 Å². The summed E-state index contributed by atoms with van der Waals surface area (Å²) in [6.45, 7) is 0. The van der Waals surface area contributed by atoms with Crippen LogP contribution in [0.15, 0.2) is 12.3 Å². The molecule has 1 aromatic rings. The van der Waals surface area contributed by atoms with Crippen molar-refractivity contribution in [3.8, 4) is 0 Å². The van der Waals surface area contributed by atoms with E-state index in [0.29, 0.717) is 6.07 Å². The lowest BCUT2D eigenvalue weighted by Gasteiger charge is -2.08. The largest absolute Gasteiger partial charge is 0.465 e. The second-order valence-electron chi connectivity index (χ2n) is 2.83. The van der Waals surface area contributed by atoms with E-state index in [2.05, 4.69) is 9.72 Å². The van der Waals surface area contributed by atoms with E-state index in [0.717, 1.165) is 7.11 Å². The monoisotopic (exact) mass is 250 g/mol. The lowest BCUT2D eigenvalue weighted by Crippen LogP contribution is -2.15. The Morgan fingerprint density at radius 1 is 1.53 bits per heavy atom. The summed E-state index contributed by atoms with van der Waals surface area (Å²) in [5, 5.41) is 10.3. The van der Waals surface area contributed by atoms with Gasteiger partial charge in [0, 0.05) is 0 Å². The minimum Gasteiger partial charge on any atom is -0.465 e. The molecule has 0 aliphatic heterocycles. The molecule has 17 heavy (non-hydrogen) atoms. The number of hydrogen-bond donors (Lipinski definition) is 0. The number of aromatic nitrogens is 1. The number of esters is 1. The minimum absolute atomic E-state index is 0.227. The summed E-state index contributed by atoms with van der Waals surface area (Å²) in [6.07, 6.45) is -4.62. The predicted octanol–water partition coefficient (Wildman–Crippen LogP) is 1.80. The van der Waals surface area contributed by atoms with Crippen LogP contribution in [0.5, 0.6) is 0 Å². The molecule has 0 radical (unpaired) electrons. The molecule has 0 aliphatic rings. The Labute approximate surface area is 92.2 Å². The molecule has 92 valence electrons. The van der Waals surface area contributed by atoms with Crippen LogP contribution in [0, 0.1) is 10.1 Å². The number of methoxy groups -OCH3 is 1. The lowest BCUT2D eigenvalue weighted by atomic mass is 10.1. The molecule has 0 atom stereocenters. The van der Waals surface area contributed by atoms with Crippen LogP contribution in [0.3, 0.4) is 0 Å². The Kier molecular flexibility index (Phi) is 3.30. The van der Waals surface area contributed by atoms with Crippen molar-refractivity contribution in [3.05, 3.63) is 33.5 Å². The van der Waals surface area contributed by atoms with Gasteiger partial charge in [0.1, 0.15) is 5.56 Å². The first kappa shape index (κ1) is 12.9. The van der Waals surface area contributed by atoms with Gasteiger partial charge in [0.05, 0.1) is 18.7 Å². The van der Waals surface area contributed by atoms with E-state index in [1.165, 1.54) is 0 Å². The molecular formula is C8H5F3N2O4. The average molecular weight is 250 g/mol. The molecule has 0 saturated heterocycles. The molecule has 6 nitrogen and oxygen atoms in total. The van der Waals surface area contributed by atoms with Crippen molar-refractivity contribution in [2.75, 3.05) is 7.11 Å². The maximum atomic E-state index is 12.5. The molecule has 9 heteroatoms. The zero-order valence-corrected chi connectivity index (χ0v) is 8.32. The number of ether oxygens (including phenoxy) is 1. The Morgan fingerprint density at radius 2 is 2.12 bits per heavy atom. The summed E-state index contributed by atoms with van der Waals surface area (Å²) in [5.41, 5.74) is -2.32. The van der Waals surface area contributed by atoms with E-state index in [1.54, 1.807) is 0 Å². The number of nitrogens with zero attached hydrogens (tertiary/aromatic N) is 2. The zero-order chi connectivity index (χ0) is 13.2. The molecule has 0 aromatic carbocycles. The molecular weight excluding hydrogens is 245 g/mol. The van der Waals surface area contributed by atoms with E-state index in [4.69, 9.17) is 0 Å². The number of nitro groups is 1. The molecule has 0 saturated carbocycles. The number of alkyl halides is 3. The fraction of sp³-hybridized carbons (Fsp3) is 0.250. The maximum Gasteiger partial charge on any atom is 0.420 e. The van der Waals surface area contributed by atoms with Crippen molar-refractivity contribution in [2.45, 2.75) is 6.18 Å². The highest BCUT2D eigenvalue weighted by atomic mass is 19.4. The predicted molar refractivity (Wildman–Crippen MR) is 47.2 cm³/mol. The quantitative estimate of drug-likeness (QED) is 0.454. The highest BCUT2D eigenvalue weighted by Gasteiger charge is 2.38. The van der Waals surface area contributed by atoms with Crippen molar-refractivity contribution < 1.29 is 27.6 Å². The van der Waals surface area contributed by atoms with Crippen LogP contribution < -0.4 is 0 Å². The lowest BCUT2D eigenvalue weighted by molar-refractivity contribution is -0.389. The minimum atomic E-state index is -4.84. The summed E-state index contributed by atoms with van der Waals surface area (Å²) >= 11 is 0. The first-order chi connectivity index (χ1) is 7.77. The van der Waals surface area contributed by atoms with Crippen LogP contribution in [-0.2, 0) is 10.9 Å². The van der Waals surface area contributed by atoms with Crippen LogP contribution in [0.4, 0.5) is 19.0 Å². The number of carbonyl (C=O) groups excluding carboxylic acids is 1. The Morgan fingerprint density at radius 3 is 2.53 bits per heavy atom. The smallest absolute Gasteiger partial charge is 0.420 e. The summed E-state index contributed by atoms with van der Waals surface area (Å²) in [7, 11) is 0.870. The topological polar surface area (TPSA) is 82.3 Å². The van der Waals surface area contributed by atoms with Crippen LogP contribution in [0.1, 0.15) is 15.9 Å². The first-order valence-electron chi connectivity index (χ1n) is 4.07. The van der Waals surface area contributed by atoms with Gasteiger partial charge in [0.2, 0.25) is 0 Å². The van der Waals surface area contributed by atoms with Crippen LogP contribution in [0.25, 0.3) is 0 Å². The van der Waals surface area contributed by atoms with Crippen molar-refractivity contribution in [2.24, 2.45) is 0 Å². The maximum absolute atomic E-state index is 12.5. The fourth-order valence-corrected chi connectivity index (χ4v) is 1.05. The molecule has 0 N–H and O–H groups in total. The van der Waals surface area contributed by atoms with Gasteiger partial charge < -0.3 is 14.9 Å². The third-order valence-electron chi connectivity index (χ3n) is 1.79. The molecule has 1 heterocycles. The Hall–Kier alpha value is -2.19. The van der Waals surface area contributed by atoms with Crippen molar-refractivity contribution in [1.29, 1.82) is 0 Å². The van der Waals surface area contributed by atoms with Gasteiger partial charge in [-0.05, 0) is 9.91 Å². The average Bonchev–Trinajstić information content (AvgIpc) is 2.25. The van der Waals surface area contributed by atoms with E-state index in [-0.39, 0.29) is 6.20 Å². The van der Waals surface area contributed by atoms with E-state index >= 15 is 0 Å². The normalized spacial score (nSPS) is 11.1. The van der Waals surface area contributed by atoms with Gasteiger partial charge in [0.15, 0.2) is 6.20 Å². The zero-order valence-electron chi connectivity index (χ0n) is 8.32. The highest BCUT2D eigenvalue weighted by Crippen LogP contribution is 2.32. The number of rotatable bonds is 2. The molecule has 0 bridgehead atoms. The second-order valence-corrected chi connectivity index (χ2v) is 2.83. The van der Waals surface area contributed by atoms with E-state index in [9.17, 15) is 28.1 Å². The molecule has 1 aromatic heterocycles. The summed E-state index contributed by atoms with van der Waals surface area (Å²) in [5.74, 6) is -2.18. The molecule has 0 unspecified atom stereocenters. The Balaban J connectivity index is 3.42. The molecule has 1 rings (SSSR count). The molecule has 0 amide bonds. The number of hydrogen-bond acceptors (Lipinski definition) is 5. The third kappa shape index (κ3) is 2.68. The third-order valence-corrected chi connectivity index (χ3v) is 1.79. The van der Waals surface area contributed by atoms with E-state index < -0.39 is 34.0 Å². The summed E-state index contributed by atoms with van der Waals surface area (Å²) in [6, 6.07) is 0.425. The number of halogens is 3. The Bertz CT molecular complexity index is 472. The summed E-state index contributed by atoms with van der Waals surface area (Å²) < 4.78 is 41.5. The molecule has 0 aliphatic carbocycles. The first-order valence-corrected chi connectivity index (χ1v) is 4.07. The summed E-state index contributed by atoms with van der Waals surface area (Å²) in [4.78, 5) is 23.4. The number of pyridine rings is 1. The van der Waals surface area contributed by atoms with Gasteiger partial charge in [-0.25, -0.2) is 4.79 Å². The fourth-order valence-electron chi connectivity index (χ4n) is 1.05. The SMILES string of the molecule is COC(=O)c1cc([N+](=O)[O-])ncc1C(F)(F)F. The standard InChI is InChI=1S/C8H5F3N2O4/c1-17-7(14)4-2-6(13(15)16)12-3-5(4)8(9,10)11/h2-3H,1H3. The number of carbonyl (C=O) groups is 1. The van der Waals surface area contributed by atoms with Gasteiger partial charge in [-0.2, -0.15) is 13.2 Å². The van der Waals surface area contributed by atoms with E-state index in [1.807, 2.05) is 0 Å².